The number of aliphatic hydroxyl groups is 1. The molecule has 108 valence electrons. The molecule has 0 radical (unpaired) electrons. The van der Waals surface area contributed by atoms with Crippen molar-refractivity contribution in [2.45, 2.75) is 12.3 Å². The summed E-state index contributed by atoms with van der Waals surface area (Å²) in [6.07, 6.45) is -5.72. The van der Waals surface area contributed by atoms with Crippen LogP contribution >= 0.6 is 0 Å². The Balaban J connectivity index is 3.43. The van der Waals surface area contributed by atoms with Crippen molar-refractivity contribution in [3.8, 4) is 11.5 Å². The maximum atomic E-state index is 12.9. The lowest BCUT2D eigenvalue weighted by Crippen LogP contribution is -2.19. The van der Waals surface area contributed by atoms with E-state index in [0.29, 0.717) is 0 Å². The monoisotopic (exact) mass is 279 g/mol. The highest BCUT2D eigenvalue weighted by Gasteiger charge is 2.37. The van der Waals surface area contributed by atoms with E-state index in [1.165, 1.54) is 13.2 Å². The molecule has 0 saturated heterocycles. The van der Waals surface area contributed by atoms with Crippen molar-refractivity contribution >= 4 is 0 Å². The largest absolute Gasteiger partial charge is 0.497 e. The van der Waals surface area contributed by atoms with E-state index in [-0.39, 0.29) is 17.9 Å². The fourth-order valence-electron chi connectivity index (χ4n) is 1.73. The molecule has 1 atom stereocenters. The Morgan fingerprint density at radius 2 is 1.89 bits per heavy atom. The van der Waals surface area contributed by atoms with Crippen LogP contribution in [0.15, 0.2) is 12.1 Å². The number of halogens is 3. The van der Waals surface area contributed by atoms with Gasteiger partial charge in [0.1, 0.15) is 17.1 Å². The Morgan fingerprint density at radius 3 is 2.32 bits per heavy atom. The second-order valence-corrected chi connectivity index (χ2v) is 3.87. The van der Waals surface area contributed by atoms with Gasteiger partial charge in [0.15, 0.2) is 0 Å². The van der Waals surface area contributed by atoms with Crippen molar-refractivity contribution in [3.63, 3.8) is 0 Å². The molecule has 0 spiro atoms. The predicted octanol–water partition coefficient (Wildman–Crippen LogP) is 1.98. The second-order valence-electron chi connectivity index (χ2n) is 3.87. The van der Waals surface area contributed by atoms with Gasteiger partial charge in [0, 0.05) is 12.1 Å². The molecule has 0 heterocycles. The Kier molecular flexibility index (Phi) is 5.02. The molecule has 0 saturated carbocycles. The number of ether oxygens (including phenoxy) is 2. The van der Waals surface area contributed by atoms with Gasteiger partial charge in [-0.05, 0) is 19.2 Å². The lowest BCUT2D eigenvalue weighted by atomic mass is 10.0. The summed E-state index contributed by atoms with van der Waals surface area (Å²) in [6, 6.07) is 2.17. The molecule has 1 unspecified atom stereocenters. The van der Waals surface area contributed by atoms with Gasteiger partial charge in [-0.3, -0.25) is 0 Å². The van der Waals surface area contributed by atoms with Crippen LogP contribution in [0.3, 0.4) is 0 Å². The highest BCUT2D eigenvalue weighted by atomic mass is 19.4. The molecule has 0 amide bonds. The number of hydrogen-bond donors (Lipinski definition) is 2. The third-order valence-corrected chi connectivity index (χ3v) is 2.59. The average molecular weight is 279 g/mol. The number of rotatable bonds is 5. The van der Waals surface area contributed by atoms with Crippen LogP contribution in [0.25, 0.3) is 0 Å². The fraction of sp³-hybridized carbons (Fsp3) is 0.500. The number of alkyl halides is 3. The van der Waals surface area contributed by atoms with Gasteiger partial charge in [-0.2, -0.15) is 13.2 Å². The quantitative estimate of drug-likeness (QED) is 0.865. The van der Waals surface area contributed by atoms with E-state index in [4.69, 9.17) is 9.47 Å². The zero-order valence-electron chi connectivity index (χ0n) is 10.8. The SMILES string of the molecule is CNCC(O)c1cc(OC)cc(C(F)(F)F)c1OC. The molecule has 1 rings (SSSR count). The van der Waals surface area contributed by atoms with E-state index in [2.05, 4.69) is 5.32 Å². The summed E-state index contributed by atoms with van der Waals surface area (Å²) in [4.78, 5) is 0. The van der Waals surface area contributed by atoms with Gasteiger partial charge in [-0.1, -0.05) is 0 Å². The highest BCUT2D eigenvalue weighted by Crippen LogP contribution is 2.42. The number of aliphatic hydroxyl groups excluding tert-OH is 1. The minimum atomic E-state index is -4.59. The van der Waals surface area contributed by atoms with Crippen LogP contribution in [-0.2, 0) is 6.18 Å². The van der Waals surface area contributed by atoms with Crippen LogP contribution in [0.5, 0.6) is 11.5 Å². The first kappa shape index (κ1) is 15.6. The highest BCUT2D eigenvalue weighted by molar-refractivity contribution is 5.49. The molecule has 2 N–H and O–H groups in total. The molecule has 1 aromatic rings. The number of hydrogen-bond acceptors (Lipinski definition) is 4. The van der Waals surface area contributed by atoms with E-state index in [1.54, 1.807) is 7.05 Å². The molecule has 1 aromatic carbocycles. The van der Waals surface area contributed by atoms with Crippen molar-refractivity contribution in [3.05, 3.63) is 23.3 Å². The molecule has 0 bridgehead atoms. The molecule has 0 aliphatic carbocycles. The smallest absolute Gasteiger partial charge is 0.420 e. The molecule has 4 nitrogen and oxygen atoms in total. The Hall–Kier alpha value is -1.47. The van der Waals surface area contributed by atoms with E-state index >= 15 is 0 Å². The first-order valence-corrected chi connectivity index (χ1v) is 5.51. The summed E-state index contributed by atoms with van der Waals surface area (Å²) in [5.41, 5.74) is -0.942. The fourth-order valence-corrected chi connectivity index (χ4v) is 1.73. The minimum Gasteiger partial charge on any atom is -0.497 e. The van der Waals surface area contributed by atoms with Crippen LogP contribution in [0.4, 0.5) is 13.2 Å². The molecular weight excluding hydrogens is 263 g/mol. The Bertz CT molecular complexity index is 435. The maximum absolute atomic E-state index is 12.9. The Morgan fingerprint density at radius 1 is 1.26 bits per heavy atom. The molecule has 7 heteroatoms. The molecule has 0 aliphatic rings. The normalized spacial score (nSPS) is 13.2. The lowest BCUT2D eigenvalue weighted by Gasteiger charge is -2.20. The van der Waals surface area contributed by atoms with Crippen LogP contribution in [0.1, 0.15) is 17.2 Å². The van der Waals surface area contributed by atoms with Crippen molar-refractivity contribution < 1.29 is 27.8 Å². The van der Waals surface area contributed by atoms with Crippen molar-refractivity contribution in [1.29, 1.82) is 0 Å². The van der Waals surface area contributed by atoms with Gasteiger partial charge in [0.25, 0.3) is 0 Å². The number of methoxy groups -OCH3 is 2. The summed E-state index contributed by atoms with van der Waals surface area (Å²) in [5, 5.41) is 12.6. The predicted molar refractivity (Wildman–Crippen MR) is 63.4 cm³/mol. The van der Waals surface area contributed by atoms with Crippen LogP contribution in [0, 0.1) is 0 Å². The standard InChI is InChI=1S/C12H16F3NO3/c1-16-6-10(17)8-4-7(18-2)5-9(11(8)19-3)12(13,14)15/h4-5,10,16-17H,6H2,1-3H3. The van der Waals surface area contributed by atoms with Crippen LogP contribution in [-0.4, -0.2) is 32.9 Å². The van der Waals surface area contributed by atoms with Crippen molar-refractivity contribution in [2.75, 3.05) is 27.8 Å². The molecule has 0 aromatic heterocycles. The summed E-state index contributed by atoms with van der Waals surface area (Å²) < 4.78 is 48.5. The van der Waals surface area contributed by atoms with Gasteiger partial charge >= 0.3 is 6.18 Å². The van der Waals surface area contributed by atoms with Gasteiger partial charge in [-0.25, -0.2) is 0 Å². The van der Waals surface area contributed by atoms with Gasteiger partial charge in [-0.15, -0.1) is 0 Å². The lowest BCUT2D eigenvalue weighted by molar-refractivity contribution is -0.139. The van der Waals surface area contributed by atoms with Gasteiger partial charge < -0.3 is 19.9 Å². The third-order valence-electron chi connectivity index (χ3n) is 2.59. The molecular formula is C12H16F3NO3. The van der Waals surface area contributed by atoms with E-state index in [0.717, 1.165) is 13.2 Å². The molecule has 0 fully saturated rings. The zero-order valence-corrected chi connectivity index (χ0v) is 10.8. The van der Waals surface area contributed by atoms with Gasteiger partial charge in [0.05, 0.1) is 20.3 Å². The summed E-state index contributed by atoms with van der Waals surface area (Å²) >= 11 is 0. The first-order valence-electron chi connectivity index (χ1n) is 5.51. The van der Waals surface area contributed by atoms with Crippen molar-refractivity contribution in [1.82, 2.24) is 5.32 Å². The summed E-state index contributed by atoms with van der Waals surface area (Å²) in [6.45, 7) is 0.0980. The number of nitrogens with one attached hydrogen (secondary N) is 1. The number of benzene rings is 1. The topological polar surface area (TPSA) is 50.7 Å². The van der Waals surface area contributed by atoms with Crippen LogP contribution in [0.2, 0.25) is 0 Å². The molecule has 0 aliphatic heterocycles. The number of likely N-dealkylation sites (N-methyl/N-ethyl adjacent to an activating group) is 1. The maximum Gasteiger partial charge on any atom is 0.420 e. The van der Waals surface area contributed by atoms with E-state index in [9.17, 15) is 18.3 Å². The van der Waals surface area contributed by atoms with E-state index < -0.39 is 23.6 Å². The van der Waals surface area contributed by atoms with Crippen molar-refractivity contribution in [2.24, 2.45) is 0 Å². The van der Waals surface area contributed by atoms with E-state index in [1.807, 2.05) is 0 Å². The molecule has 19 heavy (non-hydrogen) atoms. The zero-order chi connectivity index (χ0) is 14.6. The minimum absolute atomic E-state index is 0.0123. The third kappa shape index (κ3) is 3.51. The first-order chi connectivity index (χ1) is 8.85. The van der Waals surface area contributed by atoms with Crippen LogP contribution < -0.4 is 14.8 Å². The average Bonchev–Trinajstić information content (AvgIpc) is 2.36. The van der Waals surface area contributed by atoms with Gasteiger partial charge in [0.2, 0.25) is 0 Å². The Labute approximate surface area is 109 Å². The summed E-state index contributed by atoms with van der Waals surface area (Å²) in [7, 11) is 3.98. The summed E-state index contributed by atoms with van der Waals surface area (Å²) in [5.74, 6) is -0.380. The second kappa shape index (κ2) is 6.12.